The molecule has 35 heavy (non-hydrogen) atoms. The topological polar surface area (TPSA) is 134 Å². The Bertz CT molecular complexity index is 1270. The molecule has 10 heteroatoms. The summed E-state index contributed by atoms with van der Waals surface area (Å²) in [7, 11) is 1.55. The van der Waals surface area contributed by atoms with Gasteiger partial charge in [-0.15, -0.1) is 0 Å². The number of aryl methyl sites for hydroxylation is 1. The van der Waals surface area contributed by atoms with E-state index in [0.717, 1.165) is 27.2 Å². The minimum absolute atomic E-state index is 0.0151. The third-order valence-corrected chi connectivity index (χ3v) is 6.56. The molecule has 5 rings (SSSR count). The minimum atomic E-state index is -1.20. The molecule has 1 aliphatic carbocycles. The number of aromatic nitrogens is 2. The van der Waals surface area contributed by atoms with Gasteiger partial charge in [-0.3, -0.25) is 14.8 Å². The number of aliphatic hydroxyl groups is 1. The molecule has 180 valence electrons. The van der Waals surface area contributed by atoms with Crippen molar-refractivity contribution in [3.05, 3.63) is 71.4 Å². The zero-order chi connectivity index (χ0) is 24.7. The van der Waals surface area contributed by atoms with E-state index in [1.807, 2.05) is 48.5 Å². The van der Waals surface area contributed by atoms with Crippen LogP contribution < -0.4 is 5.32 Å². The van der Waals surface area contributed by atoms with Crippen molar-refractivity contribution in [1.82, 2.24) is 14.7 Å². The molecule has 0 spiro atoms. The number of aliphatic carboxylic acids is 1. The molecule has 3 aromatic rings. The van der Waals surface area contributed by atoms with Gasteiger partial charge < -0.3 is 19.8 Å². The van der Waals surface area contributed by atoms with Crippen LogP contribution >= 0.6 is 0 Å². The maximum absolute atomic E-state index is 13.1. The largest absolute Gasteiger partial charge is 0.480 e. The second-order valence-corrected chi connectivity index (χ2v) is 8.68. The number of carboxylic acids is 1. The maximum atomic E-state index is 13.1. The fourth-order valence-electron chi connectivity index (χ4n) is 4.90. The monoisotopic (exact) mass is 476 g/mol. The molecule has 0 bridgehead atoms. The van der Waals surface area contributed by atoms with Gasteiger partial charge in [0.05, 0.1) is 12.3 Å². The number of fused-ring (bicyclic) bond motifs is 3. The number of anilines is 1. The third-order valence-electron chi connectivity index (χ3n) is 6.56. The van der Waals surface area contributed by atoms with Crippen molar-refractivity contribution in [3.63, 3.8) is 0 Å². The number of rotatable bonds is 5. The van der Waals surface area contributed by atoms with Crippen LogP contribution in [0.4, 0.5) is 10.6 Å². The van der Waals surface area contributed by atoms with Gasteiger partial charge >= 0.3 is 12.1 Å². The summed E-state index contributed by atoms with van der Waals surface area (Å²) >= 11 is 0. The van der Waals surface area contributed by atoms with Gasteiger partial charge in [-0.05, 0) is 22.3 Å². The Labute approximate surface area is 200 Å². The predicted molar refractivity (Wildman–Crippen MR) is 125 cm³/mol. The minimum Gasteiger partial charge on any atom is -0.480 e. The fraction of sp³-hybridized carbons (Fsp3) is 0.280. The molecule has 10 nitrogen and oxygen atoms in total. The van der Waals surface area contributed by atoms with Crippen molar-refractivity contribution < 1.29 is 29.3 Å². The summed E-state index contributed by atoms with van der Waals surface area (Å²) in [6, 6.07) is 14.8. The molecule has 1 aliphatic heterocycles. The molecular formula is C25H24N4O6. The molecule has 1 fully saturated rings. The van der Waals surface area contributed by atoms with E-state index >= 15 is 0 Å². The van der Waals surface area contributed by atoms with Crippen LogP contribution in [-0.2, 0) is 16.6 Å². The third kappa shape index (κ3) is 4.01. The first-order chi connectivity index (χ1) is 16.8. The quantitative estimate of drug-likeness (QED) is 0.515. The smallest absolute Gasteiger partial charge is 0.412 e. The average molecular weight is 476 g/mol. The number of nitrogens with one attached hydrogen (secondary N) is 1. The first-order valence-corrected chi connectivity index (χ1v) is 11.2. The Morgan fingerprint density at radius 1 is 1.09 bits per heavy atom. The van der Waals surface area contributed by atoms with Gasteiger partial charge in [0.1, 0.15) is 24.0 Å². The number of aliphatic hydroxyl groups excluding tert-OH is 1. The molecule has 2 aliphatic rings. The van der Waals surface area contributed by atoms with E-state index in [1.165, 1.54) is 10.9 Å². The summed E-state index contributed by atoms with van der Waals surface area (Å²) in [4.78, 5) is 38.4. The number of nitrogens with zero attached hydrogens (tertiary/aromatic N) is 3. The van der Waals surface area contributed by atoms with E-state index in [-0.39, 0.29) is 36.9 Å². The Morgan fingerprint density at radius 2 is 1.71 bits per heavy atom. The van der Waals surface area contributed by atoms with Crippen LogP contribution in [0.2, 0.25) is 0 Å². The van der Waals surface area contributed by atoms with Crippen LogP contribution in [0, 0.1) is 0 Å². The van der Waals surface area contributed by atoms with Crippen LogP contribution in [0.15, 0.2) is 54.7 Å². The summed E-state index contributed by atoms with van der Waals surface area (Å²) in [6.07, 6.45) is -0.502. The van der Waals surface area contributed by atoms with Crippen LogP contribution in [0.3, 0.4) is 0 Å². The number of carbonyl (C=O) groups is 3. The SMILES string of the molecule is Cn1ncc(C(=O)N2CC(O)C[C@H]2C(=O)O)c1NC(=O)OCC1c2ccccc2-c2ccccc21. The lowest BCUT2D eigenvalue weighted by Crippen LogP contribution is -2.40. The van der Waals surface area contributed by atoms with Gasteiger partial charge in [0.25, 0.3) is 5.91 Å². The average Bonchev–Trinajstić information content (AvgIpc) is 3.51. The number of β-amino-alcohol motifs (C(OH)–C–C–N with tert-alkyl or cyclic N) is 1. The Kier molecular flexibility index (Phi) is 5.73. The van der Waals surface area contributed by atoms with E-state index in [4.69, 9.17) is 4.74 Å². The normalized spacial score (nSPS) is 18.7. The highest BCUT2D eigenvalue weighted by atomic mass is 16.5. The zero-order valence-corrected chi connectivity index (χ0v) is 18.9. The van der Waals surface area contributed by atoms with E-state index in [1.54, 1.807) is 7.05 Å². The van der Waals surface area contributed by atoms with Crippen LogP contribution in [0.25, 0.3) is 11.1 Å². The van der Waals surface area contributed by atoms with Gasteiger partial charge in [0.2, 0.25) is 0 Å². The molecule has 3 N–H and O–H groups in total. The Balaban J connectivity index is 1.31. The summed E-state index contributed by atoms with van der Waals surface area (Å²) < 4.78 is 6.86. The first kappa shape index (κ1) is 22.6. The van der Waals surface area contributed by atoms with Crippen LogP contribution in [-0.4, -0.2) is 68.2 Å². The summed E-state index contributed by atoms with van der Waals surface area (Å²) in [5.74, 6) is -1.89. The molecule has 0 saturated carbocycles. The van der Waals surface area contributed by atoms with Crippen molar-refractivity contribution in [3.8, 4) is 11.1 Å². The number of likely N-dealkylation sites (tertiary alicyclic amines) is 1. The van der Waals surface area contributed by atoms with Crippen molar-refractivity contribution in [2.24, 2.45) is 7.05 Å². The number of hydrogen-bond donors (Lipinski definition) is 3. The van der Waals surface area contributed by atoms with E-state index < -0.39 is 30.1 Å². The van der Waals surface area contributed by atoms with Crippen LogP contribution in [0.1, 0.15) is 33.8 Å². The molecule has 2 atom stereocenters. The Hall–Kier alpha value is -4.18. The number of carboxylic acid groups (broad SMARTS) is 1. The van der Waals surface area contributed by atoms with E-state index in [9.17, 15) is 24.6 Å². The number of amides is 2. The van der Waals surface area contributed by atoms with Crippen molar-refractivity contribution in [2.75, 3.05) is 18.5 Å². The van der Waals surface area contributed by atoms with Gasteiger partial charge in [-0.2, -0.15) is 5.10 Å². The molecule has 2 heterocycles. The number of hydrogen-bond acceptors (Lipinski definition) is 6. The molecule has 1 unspecified atom stereocenters. The highest BCUT2D eigenvalue weighted by molar-refractivity contribution is 6.03. The molecule has 2 aromatic carbocycles. The lowest BCUT2D eigenvalue weighted by atomic mass is 9.98. The molecular weight excluding hydrogens is 452 g/mol. The van der Waals surface area contributed by atoms with Crippen molar-refractivity contribution in [2.45, 2.75) is 24.5 Å². The number of carbonyl (C=O) groups excluding carboxylic acids is 2. The lowest BCUT2D eigenvalue weighted by molar-refractivity contribution is -0.141. The first-order valence-electron chi connectivity index (χ1n) is 11.2. The van der Waals surface area contributed by atoms with E-state index in [0.29, 0.717) is 0 Å². The molecule has 0 radical (unpaired) electrons. The second kappa shape index (κ2) is 8.88. The lowest BCUT2D eigenvalue weighted by Gasteiger charge is -2.21. The molecule has 2 amide bonds. The van der Waals surface area contributed by atoms with Crippen molar-refractivity contribution in [1.29, 1.82) is 0 Å². The van der Waals surface area contributed by atoms with E-state index in [2.05, 4.69) is 10.4 Å². The number of ether oxygens (including phenoxy) is 1. The number of benzene rings is 2. The van der Waals surface area contributed by atoms with Gasteiger partial charge in [0, 0.05) is 25.9 Å². The van der Waals surface area contributed by atoms with Crippen molar-refractivity contribution >= 4 is 23.8 Å². The van der Waals surface area contributed by atoms with Gasteiger partial charge in [-0.25, -0.2) is 9.59 Å². The summed E-state index contributed by atoms with van der Waals surface area (Å²) in [5.41, 5.74) is 4.38. The Morgan fingerprint density at radius 3 is 2.34 bits per heavy atom. The fourth-order valence-corrected chi connectivity index (χ4v) is 4.90. The maximum Gasteiger partial charge on any atom is 0.412 e. The highest BCUT2D eigenvalue weighted by Crippen LogP contribution is 2.44. The van der Waals surface area contributed by atoms with Gasteiger partial charge in [-0.1, -0.05) is 48.5 Å². The summed E-state index contributed by atoms with van der Waals surface area (Å²) in [6.45, 7) is -0.0184. The second-order valence-electron chi connectivity index (χ2n) is 8.68. The highest BCUT2D eigenvalue weighted by Gasteiger charge is 2.40. The standard InChI is InChI=1S/C25H24N4O6/c1-28-22(19(11-26-28)23(31)29-12-14(30)10-21(29)24(32)33)27-25(34)35-13-20-17-8-4-2-6-15(17)16-7-3-5-9-18(16)20/h2-9,11,14,20-21,30H,10,12-13H2,1H3,(H,27,34)(H,32,33)/t14?,21-/m0/s1. The van der Waals surface area contributed by atoms with Crippen LogP contribution in [0.5, 0.6) is 0 Å². The molecule has 1 saturated heterocycles. The summed E-state index contributed by atoms with van der Waals surface area (Å²) in [5, 5.41) is 25.9. The van der Waals surface area contributed by atoms with Gasteiger partial charge in [0.15, 0.2) is 0 Å². The predicted octanol–water partition coefficient (Wildman–Crippen LogP) is 2.44. The molecule has 1 aromatic heterocycles. The zero-order valence-electron chi connectivity index (χ0n) is 18.9.